The Hall–Kier alpha value is -1.78. The molecule has 1 aromatic rings. The van der Waals surface area contributed by atoms with E-state index in [0.29, 0.717) is 35.4 Å². The number of nitrogens with two attached hydrogens (primary N) is 1. The fourth-order valence-corrected chi connectivity index (χ4v) is 2.71. The molecule has 0 bridgehead atoms. The minimum absolute atomic E-state index is 0.0494. The first-order valence-electron chi connectivity index (χ1n) is 7.58. The van der Waals surface area contributed by atoms with E-state index in [0.717, 1.165) is 19.6 Å². The summed E-state index contributed by atoms with van der Waals surface area (Å²) in [5.74, 6) is -0.280. The summed E-state index contributed by atoms with van der Waals surface area (Å²) in [5.41, 5.74) is 6.24. The van der Waals surface area contributed by atoms with E-state index in [1.807, 2.05) is 6.07 Å². The van der Waals surface area contributed by atoms with Gasteiger partial charge in [-0.25, -0.2) is 0 Å². The van der Waals surface area contributed by atoms with Crippen molar-refractivity contribution in [2.45, 2.75) is 0 Å². The van der Waals surface area contributed by atoms with Crippen LogP contribution in [-0.4, -0.2) is 55.0 Å². The highest BCUT2D eigenvalue weighted by Crippen LogP contribution is 2.25. The van der Waals surface area contributed by atoms with Crippen molar-refractivity contribution < 1.29 is 4.79 Å². The van der Waals surface area contributed by atoms with Gasteiger partial charge in [-0.15, -0.1) is 0 Å². The van der Waals surface area contributed by atoms with Gasteiger partial charge in [0.05, 0.1) is 10.0 Å². The van der Waals surface area contributed by atoms with Crippen LogP contribution in [0.15, 0.2) is 30.0 Å². The van der Waals surface area contributed by atoms with Crippen molar-refractivity contribution >= 4 is 34.8 Å². The van der Waals surface area contributed by atoms with Gasteiger partial charge in [-0.3, -0.25) is 9.69 Å². The van der Waals surface area contributed by atoms with Gasteiger partial charge in [0.1, 0.15) is 11.6 Å². The molecule has 1 saturated heterocycles. The number of benzene rings is 1. The standard InChI is InChI=1S/C16H19Cl2N5O/c17-14-2-1-13(9-15(14)18)21-11-12(10-20)16(24)23-7-5-22(4-3-19)6-8-23/h1-2,9,11,21H,3-8,19H2/b12-11-. The number of carbonyl (C=O) groups excluding carboxylic acids is 1. The predicted molar refractivity (Wildman–Crippen MR) is 95.9 cm³/mol. The van der Waals surface area contributed by atoms with Gasteiger partial charge < -0.3 is 16.0 Å². The van der Waals surface area contributed by atoms with Crippen molar-refractivity contribution in [2.24, 2.45) is 5.73 Å². The van der Waals surface area contributed by atoms with Crippen molar-refractivity contribution in [2.75, 3.05) is 44.6 Å². The largest absolute Gasteiger partial charge is 0.360 e. The lowest BCUT2D eigenvalue weighted by atomic mass is 10.2. The summed E-state index contributed by atoms with van der Waals surface area (Å²) in [6, 6.07) is 6.94. The van der Waals surface area contributed by atoms with Crippen LogP contribution in [0.5, 0.6) is 0 Å². The summed E-state index contributed by atoms with van der Waals surface area (Å²) >= 11 is 11.8. The second-order valence-corrected chi connectivity index (χ2v) is 6.18. The molecule has 1 aliphatic heterocycles. The SMILES string of the molecule is N#C/C(=C/Nc1ccc(Cl)c(Cl)c1)C(=O)N1CCN(CCN)CC1. The number of hydrogen-bond donors (Lipinski definition) is 2. The van der Waals surface area contributed by atoms with Gasteiger partial charge in [0.2, 0.25) is 0 Å². The van der Waals surface area contributed by atoms with Crippen LogP contribution in [0.3, 0.4) is 0 Å². The third-order valence-electron chi connectivity index (χ3n) is 3.76. The van der Waals surface area contributed by atoms with Gasteiger partial charge in [-0.1, -0.05) is 23.2 Å². The molecule has 0 unspecified atom stereocenters. The first-order valence-corrected chi connectivity index (χ1v) is 8.34. The highest BCUT2D eigenvalue weighted by atomic mass is 35.5. The zero-order chi connectivity index (χ0) is 17.5. The molecule has 0 spiro atoms. The molecule has 8 heteroatoms. The first kappa shape index (κ1) is 18.6. The molecule has 128 valence electrons. The normalized spacial score (nSPS) is 15.9. The number of amides is 1. The molecular weight excluding hydrogens is 349 g/mol. The number of hydrogen-bond acceptors (Lipinski definition) is 5. The van der Waals surface area contributed by atoms with Gasteiger partial charge >= 0.3 is 0 Å². The van der Waals surface area contributed by atoms with E-state index in [4.69, 9.17) is 28.9 Å². The lowest BCUT2D eigenvalue weighted by molar-refractivity contribution is -0.128. The van der Waals surface area contributed by atoms with E-state index in [1.54, 1.807) is 23.1 Å². The quantitative estimate of drug-likeness (QED) is 0.613. The monoisotopic (exact) mass is 367 g/mol. The van der Waals surface area contributed by atoms with E-state index in [9.17, 15) is 10.1 Å². The van der Waals surface area contributed by atoms with Crippen LogP contribution >= 0.6 is 23.2 Å². The maximum atomic E-state index is 12.4. The Morgan fingerprint density at radius 2 is 2.00 bits per heavy atom. The molecule has 24 heavy (non-hydrogen) atoms. The number of anilines is 1. The Labute approximate surface area is 151 Å². The van der Waals surface area contributed by atoms with Gasteiger partial charge in [0.25, 0.3) is 5.91 Å². The van der Waals surface area contributed by atoms with Crippen molar-refractivity contribution in [1.29, 1.82) is 5.26 Å². The second kappa shape index (κ2) is 8.90. The van der Waals surface area contributed by atoms with Crippen LogP contribution in [-0.2, 0) is 4.79 Å². The van der Waals surface area contributed by atoms with Gasteiger partial charge in [-0.2, -0.15) is 5.26 Å². The zero-order valence-electron chi connectivity index (χ0n) is 13.1. The van der Waals surface area contributed by atoms with Crippen molar-refractivity contribution in [1.82, 2.24) is 9.80 Å². The van der Waals surface area contributed by atoms with Crippen molar-refractivity contribution in [3.8, 4) is 6.07 Å². The third kappa shape index (κ3) is 4.86. The molecule has 0 saturated carbocycles. The Morgan fingerprint density at radius 3 is 2.58 bits per heavy atom. The Bertz CT molecular complexity index is 663. The number of nitriles is 1. The minimum Gasteiger partial charge on any atom is -0.360 e. The fourth-order valence-electron chi connectivity index (χ4n) is 2.41. The van der Waals surface area contributed by atoms with Gasteiger partial charge in [-0.05, 0) is 18.2 Å². The van der Waals surface area contributed by atoms with E-state index in [2.05, 4.69) is 10.2 Å². The molecule has 2 rings (SSSR count). The number of nitrogens with one attached hydrogen (secondary N) is 1. The Balaban J connectivity index is 1.98. The summed E-state index contributed by atoms with van der Waals surface area (Å²) in [6.45, 7) is 4.13. The molecular formula is C16H19Cl2N5O. The number of rotatable bonds is 5. The topological polar surface area (TPSA) is 85.4 Å². The Kier molecular flexibility index (Phi) is 6.88. The maximum Gasteiger partial charge on any atom is 0.266 e. The van der Waals surface area contributed by atoms with E-state index in [1.165, 1.54) is 6.20 Å². The van der Waals surface area contributed by atoms with Crippen LogP contribution in [0, 0.1) is 11.3 Å². The van der Waals surface area contributed by atoms with E-state index < -0.39 is 0 Å². The van der Waals surface area contributed by atoms with Crippen LogP contribution in [0.2, 0.25) is 10.0 Å². The average molecular weight is 368 g/mol. The lowest BCUT2D eigenvalue weighted by Gasteiger charge is -2.34. The molecule has 3 N–H and O–H groups in total. The lowest BCUT2D eigenvalue weighted by Crippen LogP contribution is -2.50. The Morgan fingerprint density at radius 1 is 1.29 bits per heavy atom. The zero-order valence-corrected chi connectivity index (χ0v) is 14.6. The third-order valence-corrected chi connectivity index (χ3v) is 4.50. The molecule has 6 nitrogen and oxygen atoms in total. The predicted octanol–water partition coefficient (Wildman–Crippen LogP) is 1.92. The number of carbonyl (C=O) groups is 1. The van der Waals surface area contributed by atoms with Gasteiger partial charge in [0.15, 0.2) is 0 Å². The number of halogens is 2. The molecule has 1 fully saturated rings. The van der Waals surface area contributed by atoms with Crippen LogP contribution in [0.4, 0.5) is 5.69 Å². The van der Waals surface area contributed by atoms with Gasteiger partial charge in [0, 0.05) is 51.2 Å². The second-order valence-electron chi connectivity index (χ2n) is 5.37. The summed E-state index contributed by atoms with van der Waals surface area (Å²) in [7, 11) is 0. The van der Waals surface area contributed by atoms with E-state index in [-0.39, 0.29) is 11.5 Å². The van der Waals surface area contributed by atoms with Crippen LogP contribution in [0.25, 0.3) is 0 Å². The summed E-state index contributed by atoms with van der Waals surface area (Å²) in [6.07, 6.45) is 1.40. The molecule has 1 heterocycles. The van der Waals surface area contributed by atoms with Crippen molar-refractivity contribution in [3.05, 3.63) is 40.0 Å². The molecule has 0 aromatic heterocycles. The molecule has 1 aliphatic rings. The smallest absolute Gasteiger partial charge is 0.266 e. The first-order chi connectivity index (χ1) is 11.5. The number of piperazine rings is 1. The fraction of sp³-hybridized carbons (Fsp3) is 0.375. The maximum absolute atomic E-state index is 12.4. The summed E-state index contributed by atoms with van der Waals surface area (Å²) in [4.78, 5) is 16.3. The summed E-state index contributed by atoms with van der Waals surface area (Å²) in [5, 5.41) is 13.0. The highest BCUT2D eigenvalue weighted by Gasteiger charge is 2.23. The number of nitrogens with zero attached hydrogens (tertiary/aromatic N) is 3. The molecule has 0 aliphatic carbocycles. The van der Waals surface area contributed by atoms with Crippen LogP contribution in [0.1, 0.15) is 0 Å². The van der Waals surface area contributed by atoms with Crippen LogP contribution < -0.4 is 11.1 Å². The van der Waals surface area contributed by atoms with E-state index >= 15 is 0 Å². The summed E-state index contributed by atoms with van der Waals surface area (Å²) < 4.78 is 0. The molecule has 1 aromatic carbocycles. The minimum atomic E-state index is -0.280. The highest BCUT2D eigenvalue weighted by molar-refractivity contribution is 6.42. The van der Waals surface area contributed by atoms with Crippen molar-refractivity contribution in [3.63, 3.8) is 0 Å². The average Bonchev–Trinajstić information content (AvgIpc) is 2.59. The molecule has 1 amide bonds. The molecule has 0 atom stereocenters. The molecule has 0 radical (unpaired) electrons.